The Morgan fingerprint density at radius 3 is 2.83 bits per heavy atom. The third-order valence-corrected chi connectivity index (χ3v) is 6.15. The summed E-state index contributed by atoms with van der Waals surface area (Å²) in [5.41, 5.74) is 4.00. The molecule has 0 atom stereocenters. The lowest BCUT2D eigenvalue weighted by Gasteiger charge is -2.09. The first kappa shape index (κ1) is 20.3. The Labute approximate surface area is 183 Å². The van der Waals surface area contributed by atoms with E-state index < -0.39 is 0 Å². The van der Waals surface area contributed by atoms with Crippen LogP contribution in [0.4, 0.5) is 5.69 Å². The highest BCUT2D eigenvalue weighted by Crippen LogP contribution is 2.34. The molecule has 0 saturated heterocycles. The van der Waals surface area contributed by atoms with E-state index in [-0.39, 0.29) is 12.3 Å². The molecular weight excluding hydrogens is 422 g/mol. The molecule has 6 nitrogen and oxygen atoms in total. The summed E-state index contributed by atoms with van der Waals surface area (Å²) in [6.45, 7) is 1.88. The van der Waals surface area contributed by atoms with Crippen molar-refractivity contribution in [2.24, 2.45) is 0 Å². The summed E-state index contributed by atoms with van der Waals surface area (Å²) in [5, 5.41) is 5.50. The van der Waals surface area contributed by atoms with Crippen molar-refractivity contribution in [1.29, 1.82) is 0 Å². The van der Waals surface area contributed by atoms with Gasteiger partial charge in [0, 0.05) is 33.5 Å². The van der Waals surface area contributed by atoms with Gasteiger partial charge in [0.05, 0.1) is 26.3 Å². The Bertz CT molecular complexity index is 1230. The fraction of sp³-hybridized carbons (Fsp3) is 0.182. The van der Waals surface area contributed by atoms with Gasteiger partial charge in [0.2, 0.25) is 5.91 Å². The van der Waals surface area contributed by atoms with Crippen LogP contribution in [0.5, 0.6) is 11.5 Å². The second kappa shape index (κ2) is 8.38. The number of methoxy groups -OCH3 is 2. The molecule has 0 aliphatic rings. The number of anilines is 1. The number of aromatic nitrogens is 2. The van der Waals surface area contributed by atoms with E-state index in [0.29, 0.717) is 16.5 Å². The number of fused-ring (bicyclic) bond motifs is 1. The lowest BCUT2D eigenvalue weighted by molar-refractivity contribution is -0.115. The maximum absolute atomic E-state index is 12.6. The van der Waals surface area contributed by atoms with Crippen LogP contribution in [0.1, 0.15) is 11.3 Å². The van der Waals surface area contributed by atoms with Gasteiger partial charge in [-0.25, -0.2) is 4.98 Å². The van der Waals surface area contributed by atoms with Crippen LogP contribution in [-0.4, -0.2) is 29.5 Å². The molecule has 0 saturated carbocycles. The summed E-state index contributed by atoms with van der Waals surface area (Å²) in [6, 6.07) is 11.0. The Balaban J connectivity index is 1.61. The molecule has 0 unspecified atom stereocenters. The molecule has 2 aromatic heterocycles. The quantitative estimate of drug-likeness (QED) is 0.445. The first-order valence-corrected chi connectivity index (χ1v) is 10.5. The Morgan fingerprint density at radius 2 is 2.07 bits per heavy atom. The molecule has 0 aliphatic heterocycles. The van der Waals surface area contributed by atoms with Gasteiger partial charge in [-0.2, -0.15) is 0 Å². The van der Waals surface area contributed by atoms with Crippen molar-refractivity contribution < 1.29 is 14.3 Å². The number of halogens is 1. The summed E-state index contributed by atoms with van der Waals surface area (Å²) in [7, 11) is 3.24. The molecule has 0 aliphatic carbocycles. The number of thiazole rings is 1. The minimum Gasteiger partial charge on any atom is -0.497 e. The van der Waals surface area contributed by atoms with Crippen LogP contribution in [0.3, 0.4) is 0 Å². The van der Waals surface area contributed by atoms with Gasteiger partial charge in [0.15, 0.2) is 4.96 Å². The van der Waals surface area contributed by atoms with Crippen LogP contribution in [-0.2, 0) is 11.2 Å². The van der Waals surface area contributed by atoms with E-state index in [1.54, 1.807) is 20.3 Å². The van der Waals surface area contributed by atoms with E-state index in [1.807, 2.05) is 53.2 Å². The zero-order valence-corrected chi connectivity index (χ0v) is 18.3. The molecule has 1 amide bonds. The number of rotatable bonds is 6. The van der Waals surface area contributed by atoms with Crippen molar-refractivity contribution in [3.63, 3.8) is 0 Å². The normalized spacial score (nSPS) is 10.9. The zero-order valence-electron chi connectivity index (χ0n) is 16.7. The van der Waals surface area contributed by atoms with E-state index in [1.165, 1.54) is 11.3 Å². The van der Waals surface area contributed by atoms with Gasteiger partial charge >= 0.3 is 0 Å². The van der Waals surface area contributed by atoms with Gasteiger partial charge in [0.25, 0.3) is 0 Å². The molecule has 2 heterocycles. The standard InChI is InChI=1S/C22H20ClN3O3S/c1-13-17(23)5-4-6-18(13)24-21(27)9-14-12-30-22-25-19(11-26(14)22)16-10-15(28-2)7-8-20(16)29-3/h4-8,10-12H,9H2,1-3H3,(H,24,27). The highest BCUT2D eigenvalue weighted by Gasteiger charge is 2.16. The van der Waals surface area contributed by atoms with Crippen LogP contribution >= 0.6 is 22.9 Å². The molecule has 1 N–H and O–H groups in total. The Hall–Kier alpha value is -3.03. The number of hydrogen-bond donors (Lipinski definition) is 1. The topological polar surface area (TPSA) is 64.9 Å². The van der Waals surface area contributed by atoms with E-state index in [9.17, 15) is 4.79 Å². The van der Waals surface area contributed by atoms with Crippen LogP contribution in [0.25, 0.3) is 16.2 Å². The van der Waals surface area contributed by atoms with Gasteiger partial charge in [-0.3, -0.25) is 9.20 Å². The number of carbonyl (C=O) groups excluding carboxylic acids is 1. The van der Waals surface area contributed by atoms with Gasteiger partial charge in [-0.1, -0.05) is 17.7 Å². The lowest BCUT2D eigenvalue weighted by Crippen LogP contribution is -2.16. The zero-order chi connectivity index (χ0) is 21.3. The largest absolute Gasteiger partial charge is 0.497 e. The summed E-state index contributed by atoms with van der Waals surface area (Å²) in [6.07, 6.45) is 2.13. The van der Waals surface area contributed by atoms with Crippen molar-refractivity contribution in [3.8, 4) is 22.8 Å². The van der Waals surface area contributed by atoms with Gasteiger partial charge in [-0.05, 0) is 42.8 Å². The predicted molar refractivity (Wildman–Crippen MR) is 120 cm³/mol. The van der Waals surface area contributed by atoms with Gasteiger partial charge < -0.3 is 14.8 Å². The van der Waals surface area contributed by atoms with Crippen molar-refractivity contribution in [3.05, 3.63) is 64.3 Å². The van der Waals surface area contributed by atoms with E-state index in [4.69, 9.17) is 26.1 Å². The summed E-state index contributed by atoms with van der Waals surface area (Å²) >= 11 is 7.63. The molecule has 154 valence electrons. The van der Waals surface area contributed by atoms with Crippen molar-refractivity contribution in [1.82, 2.24) is 9.38 Å². The van der Waals surface area contributed by atoms with Crippen molar-refractivity contribution >= 4 is 39.5 Å². The lowest BCUT2D eigenvalue weighted by atomic mass is 10.1. The third-order valence-electron chi connectivity index (χ3n) is 4.85. The van der Waals surface area contributed by atoms with Crippen molar-refractivity contribution in [2.45, 2.75) is 13.3 Å². The SMILES string of the molecule is COc1ccc(OC)c(-c2cn3c(CC(=O)Nc4cccc(Cl)c4C)csc3n2)c1. The van der Waals surface area contributed by atoms with Crippen LogP contribution in [0, 0.1) is 6.92 Å². The van der Waals surface area contributed by atoms with Crippen molar-refractivity contribution in [2.75, 3.05) is 19.5 Å². The number of amides is 1. The van der Waals surface area contributed by atoms with Crippen LogP contribution in [0.15, 0.2) is 48.0 Å². The molecule has 0 bridgehead atoms. The summed E-state index contributed by atoms with van der Waals surface area (Å²) in [5.74, 6) is 1.31. The minimum absolute atomic E-state index is 0.116. The molecule has 2 aromatic carbocycles. The smallest absolute Gasteiger partial charge is 0.230 e. The van der Waals surface area contributed by atoms with E-state index in [0.717, 1.165) is 33.2 Å². The fourth-order valence-electron chi connectivity index (χ4n) is 3.20. The van der Waals surface area contributed by atoms with Crippen LogP contribution in [0.2, 0.25) is 5.02 Å². The first-order chi connectivity index (χ1) is 14.5. The molecule has 0 radical (unpaired) electrons. The predicted octanol–water partition coefficient (Wildman–Crippen LogP) is 5.22. The highest BCUT2D eigenvalue weighted by atomic mass is 35.5. The van der Waals surface area contributed by atoms with Gasteiger partial charge in [-0.15, -0.1) is 11.3 Å². The number of nitrogens with zero attached hydrogens (tertiary/aromatic N) is 2. The number of nitrogens with one attached hydrogen (secondary N) is 1. The second-order valence-electron chi connectivity index (χ2n) is 6.71. The molecule has 0 fully saturated rings. The monoisotopic (exact) mass is 441 g/mol. The summed E-state index contributed by atoms with van der Waals surface area (Å²) in [4.78, 5) is 18.1. The number of ether oxygens (including phenoxy) is 2. The molecule has 8 heteroatoms. The van der Waals surface area contributed by atoms with E-state index in [2.05, 4.69) is 5.32 Å². The number of hydrogen-bond acceptors (Lipinski definition) is 5. The second-order valence-corrected chi connectivity index (χ2v) is 7.95. The fourth-order valence-corrected chi connectivity index (χ4v) is 4.25. The average molecular weight is 442 g/mol. The Morgan fingerprint density at radius 1 is 1.23 bits per heavy atom. The molecular formula is C22H20ClN3O3S. The van der Waals surface area contributed by atoms with Gasteiger partial charge in [0.1, 0.15) is 11.5 Å². The molecule has 4 aromatic rings. The minimum atomic E-state index is -0.116. The highest BCUT2D eigenvalue weighted by molar-refractivity contribution is 7.15. The van der Waals surface area contributed by atoms with Crippen LogP contribution < -0.4 is 14.8 Å². The molecule has 4 rings (SSSR count). The maximum Gasteiger partial charge on any atom is 0.230 e. The van der Waals surface area contributed by atoms with E-state index >= 15 is 0 Å². The molecule has 30 heavy (non-hydrogen) atoms. The maximum atomic E-state index is 12.6. The number of carbonyl (C=O) groups is 1. The average Bonchev–Trinajstić information content (AvgIpc) is 3.33. The Kier molecular flexibility index (Phi) is 5.65. The summed E-state index contributed by atoms with van der Waals surface area (Å²) < 4.78 is 12.7. The third kappa shape index (κ3) is 3.86. The number of imidazole rings is 1. The molecule has 0 spiro atoms. The first-order valence-electron chi connectivity index (χ1n) is 9.23. The number of benzene rings is 2.